The van der Waals surface area contributed by atoms with Gasteiger partial charge in [0.1, 0.15) is 6.61 Å². The van der Waals surface area contributed by atoms with E-state index in [1.165, 1.54) is 0 Å². The molecule has 96 valence electrons. The van der Waals surface area contributed by atoms with Gasteiger partial charge in [0.2, 0.25) is 0 Å². The summed E-state index contributed by atoms with van der Waals surface area (Å²) in [7, 11) is 1.59. The number of aliphatic hydroxyl groups is 1. The van der Waals surface area contributed by atoms with E-state index in [-0.39, 0.29) is 6.61 Å². The lowest BCUT2D eigenvalue weighted by molar-refractivity contribution is 0.275. The molecule has 0 aliphatic heterocycles. The molecular formula is C13H13BrO3S. The third kappa shape index (κ3) is 3.04. The van der Waals surface area contributed by atoms with Crippen LogP contribution in [0.3, 0.4) is 0 Å². The first-order valence-electron chi connectivity index (χ1n) is 5.37. The molecule has 1 heterocycles. The van der Waals surface area contributed by atoms with Crippen LogP contribution in [0, 0.1) is 0 Å². The number of aliphatic hydroxyl groups excluding tert-OH is 1. The third-order valence-corrected chi connectivity index (χ3v) is 4.36. The monoisotopic (exact) mass is 328 g/mol. The molecule has 0 spiro atoms. The fourth-order valence-electron chi connectivity index (χ4n) is 1.50. The predicted molar refractivity (Wildman–Crippen MR) is 75.3 cm³/mol. The van der Waals surface area contributed by atoms with Crippen molar-refractivity contribution >= 4 is 27.3 Å². The molecule has 1 aromatic heterocycles. The van der Waals surface area contributed by atoms with Crippen molar-refractivity contribution in [1.29, 1.82) is 0 Å². The molecule has 0 amide bonds. The summed E-state index contributed by atoms with van der Waals surface area (Å²) >= 11 is 5.10. The van der Waals surface area contributed by atoms with Crippen molar-refractivity contribution in [3.05, 3.63) is 44.6 Å². The van der Waals surface area contributed by atoms with Crippen LogP contribution in [-0.4, -0.2) is 12.2 Å². The smallest absolute Gasteiger partial charge is 0.161 e. The van der Waals surface area contributed by atoms with Gasteiger partial charge in [0.15, 0.2) is 11.5 Å². The first-order chi connectivity index (χ1) is 8.74. The van der Waals surface area contributed by atoms with Gasteiger partial charge in [0.05, 0.1) is 18.6 Å². The third-order valence-electron chi connectivity index (χ3n) is 2.46. The Labute approximate surface area is 118 Å². The molecule has 0 atom stereocenters. The molecule has 0 unspecified atom stereocenters. The first-order valence-corrected chi connectivity index (χ1v) is 7.04. The van der Waals surface area contributed by atoms with Crippen molar-refractivity contribution in [2.24, 2.45) is 0 Å². The van der Waals surface area contributed by atoms with Crippen molar-refractivity contribution in [2.75, 3.05) is 7.11 Å². The Balaban J connectivity index is 2.11. The molecule has 0 aliphatic rings. The minimum absolute atomic E-state index is 0.00683. The Morgan fingerprint density at radius 2 is 2.11 bits per heavy atom. The second-order valence-electron chi connectivity index (χ2n) is 3.62. The highest BCUT2D eigenvalue weighted by molar-refractivity contribution is 9.10. The van der Waals surface area contributed by atoms with Crippen LogP contribution < -0.4 is 9.47 Å². The van der Waals surface area contributed by atoms with Gasteiger partial charge >= 0.3 is 0 Å². The highest BCUT2D eigenvalue weighted by Gasteiger charge is 2.07. The van der Waals surface area contributed by atoms with E-state index < -0.39 is 0 Å². The number of rotatable bonds is 5. The summed E-state index contributed by atoms with van der Waals surface area (Å²) in [4.78, 5) is 1.13. The van der Waals surface area contributed by atoms with Crippen LogP contribution in [0.1, 0.15) is 10.4 Å². The van der Waals surface area contributed by atoms with E-state index in [2.05, 4.69) is 15.9 Å². The van der Waals surface area contributed by atoms with Gasteiger partial charge in [-0.3, -0.25) is 0 Å². The highest BCUT2D eigenvalue weighted by Crippen LogP contribution is 2.30. The minimum atomic E-state index is -0.00683. The Morgan fingerprint density at radius 3 is 2.72 bits per heavy atom. The molecule has 1 aromatic carbocycles. The van der Waals surface area contributed by atoms with Crippen molar-refractivity contribution in [3.8, 4) is 11.5 Å². The molecule has 0 saturated heterocycles. The Bertz CT molecular complexity index is 525. The van der Waals surface area contributed by atoms with Gasteiger partial charge in [-0.25, -0.2) is 0 Å². The molecule has 0 fully saturated rings. The van der Waals surface area contributed by atoms with E-state index in [4.69, 9.17) is 14.6 Å². The lowest BCUT2D eigenvalue weighted by atomic mass is 10.2. The molecule has 1 N–H and O–H groups in total. The number of benzene rings is 1. The molecule has 2 aromatic rings. The summed E-state index contributed by atoms with van der Waals surface area (Å²) in [6.45, 7) is 0.486. The van der Waals surface area contributed by atoms with Gasteiger partial charge in [0, 0.05) is 4.47 Å². The SMILES string of the molecule is COc1cc(CO)ccc1OCc1sccc1Br. The summed E-state index contributed by atoms with van der Waals surface area (Å²) in [5.41, 5.74) is 0.802. The number of halogens is 1. The van der Waals surface area contributed by atoms with Gasteiger partial charge in [-0.1, -0.05) is 6.07 Å². The van der Waals surface area contributed by atoms with E-state index in [0.29, 0.717) is 18.1 Å². The maximum Gasteiger partial charge on any atom is 0.161 e. The van der Waals surface area contributed by atoms with Crippen molar-refractivity contribution in [1.82, 2.24) is 0 Å². The average Bonchev–Trinajstić information content (AvgIpc) is 2.81. The van der Waals surface area contributed by atoms with Crippen LogP contribution in [-0.2, 0) is 13.2 Å². The normalized spacial score (nSPS) is 10.4. The molecule has 5 heteroatoms. The largest absolute Gasteiger partial charge is 0.493 e. The summed E-state index contributed by atoms with van der Waals surface area (Å²) in [6.07, 6.45) is 0. The van der Waals surface area contributed by atoms with E-state index in [1.807, 2.05) is 23.6 Å². The maximum absolute atomic E-state index is 9.06. The Kier molecular flexibility index (Phi) is 4.63. The molecule has 3 nitrogen and oxygen atoms in total. The van der Waals surface area contributed by atoms with Gasteiger partial charge < -0.3 is 14.6 Å². The summed E-state index contributed by atoms with van der Waals surface area (Å²) in [5.74, 6) is 1.31. The molecule has 2 rings (SSSR count). The molecule has 0 saturated carbocycles. The zero-order valence-corrected chi connectivity index (χ0v) is 12.3. The van der Waals surface area contributed by atoms with Crippen LogP contribution in [0.5, 0.6) is 11.5 Å². The standard InChI is InChI=1S/C13H13BrO3S/c1-16-12-6-9(7-15)2-3-11(12)17-8-13-10(14)4-5-18-13/h2-6,15H,7-8H2,1H3. The van der Waals surface area contributed by atoms with Crippen molar-refractivity contribution in [2.45, 2.75) is 13.2 Å². The fraction of sp³-hybridized carbons (Fsp3) is 0.231. The molecule has 18 heavy (non-hydrogen) atoms. The van der Waals surface area contributed by atoms with Crippen LogP contribution in [0.4, 0.5) is 0 Å². The van der Waals surface area contributed by atoms with Crippen LogP contribution >= 0.6 is 27.3 Å². The predicted octanol–water partition coefficient (Wildman–Crippen LogP) is 3.59. The van der Waals surface area contributed by atoms with Gasteiger partial charge in [-0.15, -0.1) is 11.3 Å². The lowest BCUT2D eigenvalue weighted by Crippen LogP contribution is -1.97. The second kappa shape index (κ2) is 6.22. The van der Waals surface area contributed by atoms with E-state index in [1.54, 1.807) is 24.5 Å². The molecule has 0 radical (unpaired) electrons. The zero-order chi connectivity index (χ0) is 13.0. The molecular weight excluding hydrogens is 316 g/mol. The summed E-state index contributed by atoms with van der Waals surface area (Å²) in [5, 5.41) is 11.1. The number of ether oxygens (including phenoxy) is 2. The van der Waals surface area contributed by atoms with E-state index >= 15 is 0 Å². The average molecular weight is 329 g/mol. The lowest BCUT2D eigenvalue weighted by Gasteiger charge is -2.11. The van der Waals surface area contributed by atoms with Gasteiger partial charge in [-0.2, -0.15) is 0 Å². The first kappa shape index (κ1) is 13.4. The number of methoxy groups -OCH3 is 1. The van der Waals surface area contributed by atoms with Gasteiger partial charge in [0.25, 0.3) is 0 Å². The second-order valence-corrected chi connectivity index (χ2v) is 5.48. The van der Waals surface area contributed by atoms with Crippen LogP contribution in [0.15, 0.2) is 34.1 Å². The highest BCUT2D eigenvalue weighted by atomic mass is 79.9. The quantitative estimate of drug-likeness (QED) is 0.911. The summed E-state index contributed by atoms with van der Waals surface area (Å²) < 4.78 is 12.0. The van der Waals surface area contributed by atoms with Crippen LogP contribution in [0.2, 0.25) is 0 Å². The maximum atomic E-state index is 9.06. The van der Waals surface area contributed by atoms with Crippen molar-refractivity contribution in [3.63, 3.8) is 0 Å². The summed E-state index contributed by atoms with van der Waals surface area (Å²) in [6, 6.07) is 7.40. The topological polar surface area (TPSA) is 38.7 Å². The number of hydrogen-bond acceptors (Lipinski definition) is 4. The van der Waals surface area contributed by atoms with Crippen LogP contribution in [0.25, 0.3) is 0 Å². The van der Waals surface area contributed by atoms with Crippen molar-refractivity contribution < 1.29 is 14.6 Å². The van der Waals surface area contributed by atoms with E-state index in [0.717, 1.165) is 14.9 Å². The van der Waals surface area contributed by atoms with E-state index in [9.17, 15) is 0 Å². The van der Waals surface area contributed by atoms with Gasteiger partial charge in [-0.05, 0) is 45.1 Å². The molecule has 0 aliphatic carbocycles. The molecule has 0 bridgehead atoms. The number of thiophene rings is 1. The Morgan fingerprint density at radius 1 is 1.28 bits per heavy atom. The fourth-order valence-corrected chi connectivity index (χ4v) is 2.88. The Hall–Kier alpha value is -1.04. The minimum Gasteiger partial charge on any atom is -0.493 e. The number of hydrogen-bond donors (Lipinski definition) is 1. The zero-order valence-electron chi connectivity index (χ0n) is 9.85.